The van der Waals surface area contributed by atoms with E-state index in [0.29, 0.717) is 26.2 Å². The Bertz CT molecular complexity index is 593. The molecule has 0 bridgehead atoms. The number of para-hydroxylation sites is 2. The molecule has 2 aliphatic rings. The minimum absolute atomic E-state index is 0.00584. The SMILES string of the molecule is O=C(CNC(=O)N1CCN(c2ccccc2O)CC1)N1CCCC1. The first-order valence-electron chi connectivity index (χ1n) is 8.48. The minimum Gasteiger partial charge on any atom is -0.506 e. The summed E-state index contributed by atoms with van der Waals surface area (Å²) in [4.78, 5) is 29.7. The highest BCUT2D eigenvalue weighted by atomic mass is 16.3. The smallest absolute Gasteiger partial charge is 0.317 e. The van der Waals surface area contributed by atoms with E-state index < -0.39 is 0 Å². The van der Waals surface area contributed by atoms with Gasteiger partial charge in [-0.05, 0) is 25.0 Å². The van der Waals surface area contributed by atoms with Crippen LogP contribution in [0.5, 0.6) is 5.75 Å². The molecule has 0 atom stereocenters. The number of nitrogens with zero attached hydrogens (tertiary/aromatic N) is 3. The zero-order valence-electron chi connectivity index (χ0n) is 13.8. The second-order valence-corrected chi connectivity index (χ2v) is 6.21. The van der Waals surface area contributed by atoms with Crippen molar-refractivity contribution in [1.29, 1.82) is 0 Å². The molecule has 2 heterocycles. The summed E-state index contributed by atoms with van der Waals surface area (Å²) < 4.78 is 0. The maximum absolute atomic E-state index is 12.2. The number of hydrogen-bond acceptors (Lipinski definition) is 4. The largest absolute Gasteiger partial charge is 0.506 e. The number of piperazine rings is 1. The number of carbonyl (C=O) groups is 2. The maximum atomic E-state index is 12.2. The Balaban J connectivity index is 1.45. The molecule has 1 aromatic rings. The van der Waals surface area contributed by atoms with Crippen molar-refractivity contribution in [3.8, 4) is 5.75 Å². The van der Waals surface area contributed by atoms with Gasteiger partial charge in [0.1, 0.15) is 5.75 Å². The maximum Gasteiger partial charge on any atom is 0.317 e. The predicted molar refractivity (Wildman–Crippen MR) is 91.1 cm³/mol. The Kier molecular flexibility index (Phi) is 5.08. The number of hydrogen-bond donors (Lipinski definition) is 2. The molecule has 24 heavy (non-hydrogen) atoms. The highest BCUT2D eigenvalue weighted by Gasteiger charge is 2.24. The van der Waals surface area contributed by atoms with Crippen LogP contribution in [0.4, 0.5) is 10.5 Å². The molecule has 2 fully saturated rings. The number of urea groups is 1. The van der Waals surface area contributed by atoms with Gasteiger partial charge in [0, 0.05) is 39.3 Å². The minimum atomic E-state index is -0.195. The van der Waals surface area contributed by atoms with Crippen molar-refractivity contribution in [2.24, 2.45) is 0 Å². The lowest BCUT2D eigenvalue weighted by Gasteiger charge is -2.36. The quantitative estimate of drug-likeness (QED) is 0.860. The highest BCUT2D eigenvalue weighted by Crippen LogP contribution is 2.27. The molecule has 0 radical (unpaired) electrons. The number of amides is 3. The normalized spacial score (nSPS) is 17.9. The third-order valence-electron chi connectivity index (χ3n) is 4.64. The van der Waals surface area contributed by atoms with E-state index in [9.17, 15) is 14.7 Å². The van der Waals surface area contributed by atoms with Crippen LogP contribution in [0, 0.1) is 0 Å². The van der Waals surface area contributed by atoms with E-state index in [-0.39, 0.29) is 24.2 Å². The van der Waals surface area contributed by atoms with Gasteiger partial charge in [-0.3, -0.25) is 4.79 Å². The van der Waals surface area contributed by atoms with Gasteiger partial charge in [0.05, 0.1) is 12.2 Å². The van der Waals surface area contributed by atoms with Gasteiger partial charge in [-0.2, -0.15) is 0 Å². The number of carbonyl (C=O) groups excluding carboxylic acids is 2. The van der Waals surface area contributed by atoms with Crippen LogP contribution < -0.4 is 10.2 Å². The lowest BCUT2D eigenvalue weighted by molar-refractivity contribution is -0.129. The van der Waals surface area contributed by atoms with Gasteiger partial charge in [0.15, 0.2) is 0 Å². The first kappa shape index (κ1) is 16.4. The molecule has 7 heteroatoms. The van der Waals surface area contributed by atoms with E-state index in [1.807, 2.05) is 12.1 Å². The summed E-state index contributed by atoms with van der Waals surface area (Å²) in [6.07, 6.45) is 2.10. The summed E-state index contributed by atoms with van der Waals surface area (Å²) in [5, 5.41) is 12.6. The number of aromatic hydroxyl groups is 1. The zero-order chi connectivity index (χ0) is 16.9. The Morgan fingerprint density at radius 2 is 1.62 bits per heavy atom. The zero-order valence-corrected chi connectivity index (χ0v) is 13.8. The van der Waals surface area contributed by atoms with Crippen molar-refractivity contribution in [3.63, 3.8) is 0 Å². The van der Waals surface area contributed by atoms with E-state index in [2.05, 4.69) is 10.2 Å². The summed E-state index contributed by atoms with van der Waals surface area (Å²) in [5.74, 6) is 0.250. The second kappa shape index (κ2) is 7.42. The fraction of sp³-hybridized carbons (Fsp3) is 0.529. The summed E-state index contributed by atoms with van der Waals surface area (Å²) in [7, 11) is 0. The molecule has 2 aliphatic heterocycles. The molecule has 3 rings (SSSR count). The van der Waals surface area contributed by atoms with Crippen LogP contribution >= 0.6 is 0 Å². The molecule has 0 spiro atoms. The number of nitrogens with one attached hydrogen (secondary N) is 1. The number of benzene rings is 1. The number of likely N-dealkylation sites (tertiary alicyclic amines) is 1. The Morgan fingerprint density at radius 1 is 0.958 bits per heavy atom. The van der Waals surface area contributed by atoms with Crippen LogP contribution in [0.25, 0.3) is 0 Å². The van der Waals surface area contributed by atoms with Gasteiger partial charge in [-0.25, -0.2) is 4.79 Å². The van der Waals surface area contributed by atoms with Crippen LogP contribution in [0.1, 0.15) is 12.8 Å². The van der Waals surface area contributed by atoms with Crippen LogP contribution in [0.15, 0.2) is 24.3 Å². The molecule has 3 amide bonds. The van der Waals surface area contributed by atoms with Gasteiger partial charge in [-0.1, -0.05) is 12.1 Å². The predicted octanol–water partition coefficient (Wildman–Crippen LogP) is 0.846. The summed E-state index contributed by atoms with van der Waals surface area (Å²) in [6, 6.07) is 7.02. The van der Waals surface area contributed by atoms with Crippen molar-refractivity contribution in [2.45, 2.75) is 12.8 Å². The number of phenolic OH excluding ortho intramolecular Hbond substituents is 1. The lowest BCUT2D eigenvalue weighted by Crippen LogP contribution is -2.53. The molecule has 0 aliphatic carbocycles. The monoisotopic (exact) mass is 332 g/mol. The van der Waals surface area contributed by atoms with E-state index >= 15 is 0 Å². The molecule has 130 valence electrons. The molecule has 2 N–H and O–H groups in total. The average molecular weight is 332 g/mol. The first-order chi connectivity index (χ1) is 11.6. The Morgan fingerprint density at radius 3 is 2.29 bits per heavy atom. The average Bonchev–Trinajstić information content (AvgIpc) is 3.15. The van der Waals surface area contributed by atoms with Crippen molar-refractivity contribution < 1.29 is 14.7 Å². The first-order valence-corrected chi connectivity index (χ1v) is 8.48. The third-order valence-corrected chi connectivity index (χ3v) is 4.64. The Hall–Kier alpha value is -2.44. The van der Waals surface area contributed by atoms with Gasteiger partial charge in [0.25, 0.3) is 0 Å². The van der Waals surface area contributed by atoms with Crippen LogP contribution in [0.2, 0.25) is 0 Å². The summed E-state index contributed by atoms with van der Waals surface area (Å²) >= 11 is 0. The summed E-state index contributed by atoms with van der Waals surface area (Å²) in [6.45, 7) is 4.12. The van der Waals surface area contributed by atoms with Crippen molar-refractivity contribution >= 4 is 17.6 Å². The van der Waals surface area contributed by atoms with E-state index in [0.717, 1.165) is 31.6 Å². The van der Waals surface area contributed by atoms with E-state index in [4.69, 9.17) is 0 Å². The van der Waals surface area contributed by atoms with Gasteiger partial charge >= 0.3 is 6.03 Å². The van der Waals surface area contributed by atoms with Gasteiger partial charge in [-0.15, -0.1) is 0 Å². The van der Waals surface area contributed by atoms with Crippen molar-refractivity contribution in [2.75, 3.05) is 50.7 Å². The number of anilines is 1. The summed E-state index contributed by atoms with van der Waals surface area (Å²) in [5.41, 5.74) is 0.793. The van der Waals surface area contributed by atoms with Gasteiger partial charge < -0.3 is 25.1 Å². The van der Waals surface area contributed by atoms with Crippen LogP contribution in [-0.4, -0.2) is 72.7 Å². The number of phenols is 1. The Labute approximate surface area is 141 Å². The fourth-order valence-corrected chi connectivity index (χ4v) is 3.22. The molecule has 0 saturated carbocycles. The third kappa shape index (κ3) is 3.72. The second-order valence-electron chi connectivity index (χ2n) is 6.21. The van der Waals surface area contributed by atoms with E-state index in [1.54, 1.807) is 21.9 Å². The highest BCUT2D eigenvalue weighted by molar-refractivity contribution is 5.84. The molecular formula is C17H24N4O3. The molecular weight excluding hydrogens is 308 g/mol. The van der Waals surface area contributed by atoms with Crippen LogP contribution in [-0.2, 0) is 4.79 Å². The fourth-order valence-electron chi connectivity index (χ4n) is 3.22. The molecule has 0 unspecified atom stereocenters. The lowest BCUT2D eigenvalue weighted by atomic mass is 10.2. The molecule has 7 nitrogen and oxygen atoms in total. The van der Waals surface area contributed by atoms with Gasteiger partial charge in [0.2, 0.25) is 5.91 Å². The van der Waals surface area contributed by atoms with Crippen LogP contribution in [0.3, 0.4) is 0 Å². The topological polar surface area (TPSA) is 76.1 Å². The van der Waals surface area contributed by atoms with E-state index in [1.165, 1.54) is 0 Å². The number of rotatable bonds is 3. The standard InChI is InChI=1S/C17H24N4O3/c22-15-6-2-1-5-14(15)19-9-11-21(12-10-19)17(24)18-13-16(23)20-7-3-4-8-20/h1-2,5-6,22H,3-4,7-13H2,(H,18,24). The molecule has 2 saturated heterocycles. The van der Waals surface area contributed by atoms with Crippen molar-refractivity contribution in [3.05, 3.63) is 24.3 Å². The molecule has 1 aromatic carbocycles. The molecule has 0 aromatic heterocycles. The van der Waals surface area contributed by atoms with Crippen molar-refractivity contribution in [1.82, 2.24) is 15.1 Å².